The van der Waals surface area contributed by atoms with Gasteiger partial charge in [0.15, 0.2) is 12.4 Å². The van der Waals surface area contributed by atoms with Crippen molar-refractivity contribution in [2.24, 2.45) is 0 Å². The zero-order valence-corrected chi connectivity index (χ0v) is 14.5. The minimum Gasteiger partial charge on any atom is -0.454 e. The highest BCUT2D eigenvalue weighted by atomic mass is 35.5. The van der Waals surface area contributed by atoms with Gasteiger partial charge in [-0.05, 0) is 42.3 Å². The molecule has 2 aromatic carbocycles. The largest absolute Gasteiger partial charge is 0.454 e. The lowest BCUT2D eigenvalue weighted by Crippen LogP contribution is -2.20. The molecule has 0 atom stereocenters. The zero-order chi connectivity index (χ0) is 18.0. The van der Waals surface area contributed by atoms with Crippen LogP contribution >= 0.6 is 23.2 Å². The molecule has 0 spiro atoms. The second kappa shape index (κ2) is 7.25. The smallest absolute Gasteiger partial charge is 0.341 e. The Morgan fingerprint density at radius 2 is 1.80 bits per heavy atom. The van der Waals surface area contributed by atoms with Gasteiger partial charge in [0, 0.05) is 17.7 Å². The molecular formula is C18H13Cl2NO4. The van der Waals surface area contributed by atoms with E-state index >= 15 is 0 Å². The Balaban J connectivity index is 1.69. The van der Waals surface area contributed by atoms with E-state index in [4.69, 9.17) is 27.9 Å². The van der Waals surface area contributed by atoms with E-state index in [2.05, 4.69) is 5.32 Å². The molecule has 0 aromatic heterocycles. The molecule has 0 aliphatic carbocycles. The summed E-state index contributed by atoms with van der Waals surface area (Å²) in [5.74, 6) is -1.15. The number of amides is 1. The van der Waals surface area contributed by atoms with Crippen molar-refractivity contribution < 1.29 is 19.1 Å². The Hall–Kier alpha value is -2.37. The number of hydrogen-bond acceptors (Lipinski definition) is 4. The number of nitrogens with one attached hydrogen (secondary N) is 1. The van der Waals surface area contributed by atoms with Crippen LogP contribution in [0.15, 0.2) is 36.4 Å². The van der Waals surface area contributed by atoms with Gasteiger partial charge in [0.05, 0.1) is 15.6 Å². The highest BCUT2D eigenvalue weighted by Gasteiger charge is 2.20. The summed E-state index contributed by atoms with van der Waals surface area (Å²) in [4.78, 5) is 35.7. The highest BCUT2D eigenvalue weighted by Crippen LogP contribution is 2.26. The van der Waals surface area contributed by atoms with Crippen LogP contribution in [0.4, 0.5) is 5.69 Å². The molecule has 2 aromatic rings. The number of rotatable bonds is 4. The number of benzene rings is 2. The molecule has 128 valence electrons. The van der Waals surface area contributed by atoms with Crippen LogP contribution in [0, 0.1) is 0 Å². The van der Waals surface area contributed by atoms with Crippen molar-refractivity contribution in [1.82, 2.24) is 0 Å². The highest BCUT2D eigenvalue weighted by molar-refractivity contribution is 6.39. The van der Waals surface area contributed by atoms with Crippen molar-refractivity contribution in [3.63, 3.8) is 0 Å². The van der Waals surface area contributed by atoms with E-state index in [0.29, 0.717) is 24.1 Å². The first kappa shape index (κ1) is 17.5. The number of anilines is 1. The average Bonchev–Trinajstić information content (AvgIpc) is 2.59. The van der Waals surface area contributed by atoms with Gasteiger partial charge in [-0.3, -0.25) is 9.59 Å². The first-order chi connectivity index (χ1) is 12.0. The van der Waals surface area contributed by atoms with Crippen LogP contribution < -0.4 is 5.32 Å². The molecular weight excluding hydrogens is 365 g/mol. The number of esters is 1. The summed E-state index contributed by atoms with van der Waals surface area (Å²) < 4.78 is 5.04. The Morgan fingerprint density at radius 3 is 2.52 bits per heavy atom. The summed E-state index contributed by atoms with van der Waals surface area (Å²) >= 11 is 11.9. The molecule has 1 aliphatic heterocycles. The van der Waals surface area contributed by atoms with Crippen LogP contribution in [0.5, 0.6) is 0 Å². The fourth-order valence-electron chi connectivity index (χ4n) is 2.54. The number of carbonyl (C=O) groups excluding carboxylic acids is 3. The molecule has 7 heteroatoms. The van der Waals surface area contributed by atoms with Crippen LogP contribution in [0.1, 0.15) is 32.7 Å². The Bertz CT molecular complexity index is 859. The predicted molar refractivity (Wildman–Crippen MR) is 94.5 cm³/mol. The summed E-state index contributed by atoms with van der Waals surface area (Å²) in [5, 5.41) is 3.07. The van der Waals surface area contributed by atoms with Gasteiger partial charge in [-0.1, -0.05) is 29.3 Å². The number of halogens is 2. The Morgan fingerprint density at radius 1 is 1.08 bits per heavy atom. The summed E-state index contributed by atoms with van der Waals surface area (Å²) in [6.45, 7) is -0.425. The lowest BCUT2D eigenvalue weighted by Gasteiger charge is -2.17. The number of carbonyl (C=O) groups is 3. The van der Waals surface area contributed by atoms with Crippen molar-refractivity contribution in [3.8, 4) is 0 Å². The van der Waals surface area contributed by atoms with Crippen molar-refractivity contribution in [2.45, 2.75) is 12.8 Å². The van der Waals surface area contributed by atoms with Gasteiger partial charge in [-0.25, -0.2) is 4.79 Å². The third kappa shape index (κ3) is 3.83. The molecule has 25 heavy (non-hydrogen) atoms. The second-order valence-corrected chi connectivity index (χ2v) is 6.33. The topological polar surface area (TPSA) is 72.5 Å². The number of ether oxygens (including phenoxy) is 1. The fourth-order valence-corrected chi connectivity index (χ4v) is 3.09. The van der Waals surface area contributed by atoms with Gasteiger partial charge in [0.2, 0.25) is 5.91 Å². The lowest BCUT2D eigenvalue weighted by molar-refractivity contribution is -0.116. The Labute approximate surface area is 153 Å². The van der Waals surface area contributed by atoms with Crippen LogP contribution in [-0.4, -0.2) is 24.3 Å². The third-order valence-corrected chi connectivity index (χ3v) is 4.45. The summed E-state index contributed by atoms with van der Waals surface area (Å²) in [5.41, 5.74) is 2.03. The predicted octanol–water partition coefficient (Wildman–Crippen LogP) is 3.92. The van der Waals surface area contributed by atoms with Crippen molar-refractivity contribution in [3.05, 3.63) is 63.1 Å². The molecule has 0 saturated heterocycles. The van der Waals surface area contributed by atoms with E-state index in [-0.39, 0.29) is 27.3 Å². The molecule has 0 fully saturated rings. The molecule has 0 radical (unpaired) electrons. The minimum absolute atomic E-state index is 0.0341. The van der Waals surface area contributed by atoms with E-state index in [1.165, 1.54) is 12.1 Å². The summed E-state index contributed by atoms with van der Waals surface area (Å²) in [6, 6.07) is 9.61. The second-order valence-electron chi connectivity index (χ2n) is 5.52. The average molecular weight is 378 g/mol. The van der Waals surface area contributed by atoms with Crippen molar-refractivity contribution in [1.29, 1.82) is 0 Å². The molecule has 3 rings (SSSR count). The lowest BCUT2D eigenvalue weighted by atomic mass is 9.99. The maximum absolute atomic E-state index is 12.3. The van der Waals surface area contributed by atoms with Crippen LogP contribution in [-0.2, 0) is 16.0 Å². The maximum Gasteiger partial charge on any atom is 0.341 e. The normalized spacial score (nSPS) is 13.0. The van der Waals surface area contributed by atoms with Gasteiger partial charge in [0.25, 0.3) is 0 Å². The molecule has 0 bridgehead atoms. The summed E-state index contributed by atoms with van der Waals surface area (Å²) in [6.07, 6.45) is 0.946. The number of aryl methyl sites for hydroxylation is 1. The van der Waals surface area contributed by atoms with Gasteiger partial charge in [-0.15, -0.1) is 0 Å². The van der Waals surface area contributed by atoms with E-state index in [0.717, 1.165) is 5.56 Å². The molecule has 1 N–H and O–H groups in total. The first-order valence-corrected chi connectivity index (χ1v) is 8.28. The number of ketones is 1. The van der Waals surface area contributed by atoms with Gasteiger partial charge >= 0.3 is 5.97 Å². The van der Waals surface area contributed by atoms with E-state index in [9.17, 15) is 14.4 Å². The standard InChI is InChI=1S/C18H13Cl2NO4/c19-12-2-1-3-13(20)17(12)18(24)25-9-15(22)11-4-6-14-10(8-11)5-7-16(23)21-14/h1-4,6,8H,5,7,9H2,(H,21,23). The quantitative estimate of drug-likeness (QED) is 0.647. The van der Waals surface area contributed by atoms with E-state index < -0.39 is 12.6 Å². The molecule has 0 unspecified atom stereocenters. The van der Waals surface area contributed by atoms with E-state index in [1.807, 2.05) is 0 Å². The molecule has 1 aliphatic rings. The van der Waals surface area contributed by atoms with Gasteiger partial charge in [0.1, 0.15) is 0 Å². The van der Waals surface area contributed by atoms with Crippen LogP contribution in [0.2, 0.25) is 10.0 Å². The maximum atomic E-state index is 12.3. The van der Waals surface area contributed by atoms with E-state index in [1.54, 1.807) is 24.3 Å². The zero-order valence-electron chi connectivity index (χ0n) is 13.0. The summed E-state index contributed by atoms with van der Waals surface area (Å²) in [7, 11) is 0. The van der Waals surface area contributed by atoms with Crippen molar-refractivity contribution in [2.75, 3.05) is 11.9 Å². The number of hydrogen-bond donors (Lipinski definition) is 1. The molecule has 1 amide bonds. The minimum atomic E-state index is -0.755. The van der Waals surface area contributed by atoms with Gasteiger partial charge in [-0.2, -0.15) is 0 Å². The monoisotopic (exact) mass is 377 g/mol. The van der Waals surface area contributed by atoms with Gasteiger partial charge < -0.3 is 10.1 Å². The molecule has 1 heterocycles. The Kier molecular flexibility index (Phi) is 5.06. The fraction of sp³-hybridized carbons (Fsp3) is 0.167. The van der Waals surface area contributed by atoms with Crippen molar-refractivity contribution >= 4 is 46.5 Å². The SMILES string of the molecule is O=C1CCc2cc(C(=O)COC(=O)c3c(Cl)cccc3Cl)ccc2N1. The molecule has 5 nitrogen and oxygen atoms in total. The molecule has 0 saturated carbocycles. The third-order valence-electron chi connectivity index (χ3n) is 3.82. The van der Waals surface area contributed by atoms with Crippen LogP contribution in [0.3, 0.4) is 0 Å². The number of Topliss-reactive ketones (excluding diaryl/α,β-unsaturated/α-hetero) is 1. The van der Waals surface area contributed by atoms with Crippen LogP contribution in [0.25, 0.3) is 0 Å². The first-order valence-electron chi connectivity index (χ1n) is 7.53. The number of fused-ring (bicyclic) bond motifs is 1.